The number of rotatable bonds is 66. The number of carbonyl (C=O) groups is 3. The zero-order valence-electron chi connectivity index (χ0n) is 55.4. The van der Waals surface area contributed by atoms with Gasteiger partial charge in [-0.2, -0.15) is 0 Å². The maximum absolute atomic E-state index is 12.9. The van der Waals surface area contributed by atoms with Crippen molar-refractivity contribution in [2.24, 2.45) is 0 Å². The topological polar surface area (TPSA) is 108 Å². The summed E-state index contributed by atoms with van der Waals surface area (Å²) in [5.41, 5.74) is 0. The Morgan fingerprint density at radius 3 is 1.02 bits per heavy atom. The molecule has 0 aliphatic rings. The summed E-state index contributed by atoms with van der Waals surface area (Å²) < 4.78 is 23.0. The summed E-state index contributed by atoms with van der Waals surface area (Å²) in [6.07, 6.45) is 81.9. The SMILES string of the molecule is CC/C=C\C/C=C\C/C=C\C/C=C\C/C=C\CCCCCCCCCCCCCCCCCCCC(=O)OC(COC(=O)CCCCCCCCCCCCCCCCCCCCCCCCCCC)COC(OCC[N+](C)(C)C)C(=O)O. The van der Waals surface area contributed by atoms with E-state index in [4.69, 9.17) is 18.9 Å². The molecule has 0 aromatic carbocycles. The average Bonchev–Trinajstić information content (AvgIpc) is 3.46. The van der Waals surface area contributed by atoms with Crippen LogP contribution in [0.3, 0.4) is 0 Å². The Bertz CT molecular complexity index is 1550. The van der Waals surface area contributed by atoms with Gasteiger partial charge in [-0.15, -0.1) is 0 Å². The quantitative estimate of drug-likeness (QED) is 0.0211. The van der Waals surface area contributed by atoms with Gasteiger partial charge in [-0.05, 0) is 57.8 Å². The van der Waals surface area contributed by atoms with E-state index in [1.54, 1.807) is 0 Å². The summed E-state index contributed by atoms with van der Waals surface area (Å²) in [6, 6.07) is 0. The number of esters is 2. The van der Waals surface area contributed by atoms with Gasteiger partial charge in [0.05, 0.1) is 34.4 Å². The van der Waals surface area contributed by atoms with E-state index >= 15 is 0 Å². The molecule has 484 valence electrons. The van der Waals surface area contributed by atoms with Crippen molar-refractivity contribution in [1.29, 1.82) is 0 Å². The number of hydrogen-bond donors (Lipinski definition) is 1. The molecule has 0 aliphatic heterocycles. The average molecular weight is 1170 g/mol. The van der Waals surface area contributed by atoms with Crippen LogP contribution in [0, 0.1) is 0 Å². The first-order chi connectivity index (χ1) is 40.6. The Hall–Kier alpha value is -3.01. The third-order valence-corrected chi connectivity index (χ3v) is 15.8. The van der Waals surface area contributed by atoms with Gasteiger partial charge >= 0.3 is 17.9 Å². The summed E-state index contributed by atoms with van der Waals surface area (Å²) in [6.45, 7) is 4.82. The van der Waals surface area contributed by atoms with Crippen LogP contribution in [0.15, 0.2) is 60.8 Å². The molecule has 9 heteroatoms. The molecule has 2 atom stereocenters. The van der Waals surface area contributed by atoms with E-state index in [1.165, 1.54) is 238 Å². The molecule has 0 heterocycles. The lowest BCUT2D eigenvalue weighted by Crippen LogP contribution is -2.40. The van der Waals surface area contributed by atoms with Crippen LogP contribution in [0.1, 0.15) is 335 Å². The lowest BCUT2D eigenvalue weighted by Gasteiger charge is -2.25. The van der Waals surface area contributed by atoms with Crippen LogP contribution in [0.2, 0.25) is 0 Å². The van der Waals surface area contributed by atoms with Gasteiger partial charge in [-0.25, -0.2) is 4.79 Å². The first-order valence-corrected chi connectivity index (χ1v) is 35.5. The third-order valence-electron chi connectivity index (χ3n) is 15.8. The molecule has 0 bridgehead atoms. The molecule has 0 aromatic heterocycles. The van der Waals surface area contributed by atoms with Crippen LogP contribution in [-0.4, -0.2) is 87.4 Å². The van der Waals surface area contributed by atoms with Gasteiger partial charge < -0.3 is 28.5 Å². The summed E-state index contributed by atoms with van der Waals surface area (Å²) in [7, 11) is 5.99. The smallest absolute Gasteiger partial charge is 0.361 e. The number of hydrogen-bond acceptors (Lipinski definition) is 7. The van der Waals surface area contributed by atoms with Crippen molar-refractivity contribution in [3.8, 4) is 0 Å². The minimum Gasteiger partial charge on any atom is -0.477 e. The van der Waals surface area contributed by atoms with Gasteiger partial charge in [0.1, 0.15) is 13.2 Å². The molecular weight excluding hydrogens is 1030 g/mol. The van der Waals surface area contributed by atoms with E-state index < -0.39 is 18.4 Å². The zero-order valence-corrected chi connectivity index (χ0v) is 55.4. The number of likely N-dealkylation sites (N-methyl/N-ethyl adjacent to an activating group) is 1. The van der Waals surface area contributed by atoms with Crippen LogP contribution in [-0.2, 0) is 33.3 Å². The van der Waals surface area contributed by atoms with E-state index in [1.807, 2.05) is 21.1 Å². The summed E-state index contributed by atoms with van der Waals surface area (Å²) in [5.74, 6) is -1.98. The molecule has 0 saturated carbocycles. The monoisotopic (exact) mass is 1170 g/mol. The summed E-state index contributed by atoms with van der Waals surface area (Å²) >= 11 is 0. The molecule has 0 spiro atoms. The fraction of sp³-hybridized carbons (Fsp3) is 0.824. The molecule has 1 N–H and O–H groups in total. The standard InChI is InChI=1S/C74H135NO8/c1-6-8-10-12-14-16-18-20-22-24-26-28-30-32-33-34-35-36-37-38-39-41-43-45-47-49-51-53-55-57-59-61-63-65-72(77)83-70(69-82-74(73(78)79)80-67-66-75(3,4)5)68-81-71(76)64-62-60-58-56-54-52-50-48-46-44-42-40-31-29-27-25-23-21-19-17-15-13-11-9-7-2/h8,10,14,16,20,22,26,28,32-33,70,74H,6-7,9,11-13,15,17-19,21,23-25,27,29-31,34-69H2,1-5H3/p+1/b10-8-,16-14-,22-20-,28-26-,33-32-. The maximum Gasteiger partial charge on any atom is 0.361 e. The van der Waals surface area contributed by atoms with E-state index in [-0.39, 0.29) is 38.2 Å². The van der Waals surface area contributed by atoms with Gasteiger partial charge in [-0.1, -0.05) is 325 Å². The van der Waals surface area contributed by atoms with E-state index in [0.29, 0.717) is 17.4 Å². The summed E-state index contributed by atoms with van der Waals surface area (Å²) in [4.78, 5) is 37.6. The molecule has 0 amide bonds. The number of quaternary nitrogens is 1. The minimum absolute atomic E-state index is 0.177. The van der Waals surface area contributed by atoms with Crippen LogP contribution in [0.5, 0.6) is 0 Å². The molecule has 83 heavy (non-hydrogen) atoms. The number of carboxylic acids is 1. The van der Waals surface area contributed by atoms with Crippen molar-refractivity contribution in [2.45, 2.75) is 347 Å². The Morgan fingerprint density at radius 2 is 0.687 bits per heavy atom. The van der Waals surface area contributed by atoms with Crippen LogP contribution < -0.4 is 0 Å². The normalized spacial score (nSPS) is 13.0. The molecule has 9 nitrogen and oxygen atoms in total. The number of ether oxygens (including phenoxy) is 4. The van der Waals surface area contributed by atoms with Gasteiger partial charge in [0, 0.05) is 12.8 Å². The van der Waals surface area contributed by atoms with E-state index in [2.05, 4.69) is 74.6 Å². The highest BCUT2D eigenvalue weighted by atomic mass is 16.7. The van der Waals surface area contributed by atoms with Crippen molar-refractivity contribution >= 4 is 17.9 Å². The van der Waals surface area contributed by atoms with Gasteiger partial charge in [0.2, 0.25) is 0 Å². The van der Waals surface area contributed by atoms with Crippen molar-refractivity contribution < 1.29 is 42.9 Å². The second-order valence-corrected chi connectivity index (χ2v) is 25.2. The van der Waals surface area contributed by atoms with Gasteiger partial charge in [0.25, 0.3) is 6.29 Å². The first-order valence-electron chi connectivity index (χ1n) is 35.5. The fourth-order valence-electron chi connectivity index (χ4n) is 10.4. The second kappa shape index (κ2) is 65.0. The predicted octanol–water partition coefficient (Wildman–Crippen LogP) is 21.9. The number of aliphatic carboxylic acids is 1. The number of allylic oxidation sites excluding steroid dienone is 10. The lowest BCUT2D eigenvalue weighted by atomic mass is 10.0. The first kappa shape index (κ1) is 80.0. The highest BCUT2D eigenvalue weighted by molar-refractivity contribution is 5.71. The van der Waals surface area contributed by atoms with E-state index in [0.717, 1.165) is 70.6 Å². The molecule has 2 unspecified atom stereocenters. The summed E-state index contributed by atoms with van der Waals surface area (Å²) in [5, 5.41) is 9.75. The third kappa shape index (κ3) is 66.4. The lowest BCUT2D eigenvalue weighted by molar-refractivity contribution is -0.870. The Morgan fingerprint density at radius 1 is 0.373 bits per heavy atom. The van der Waals surface area contributed by atoms with Crippen molar-refractivity contribution in [3.63, 3.8) is 0 Å². The zero-order chi connectivity index (χ0) is 60.5. The van der Waals surface area contributed by atoms with Crippen LogP contribution in [0.25, 0.3) is 0 Å². The molecule has 0 radical (unpaired) electrons. The van der Waals surface area contributed by atoms with Crippen molar-refractivity contribution in [2.75, 3.05) is 47.5 Å². The fourth-order valence-corrected chi connectivity index (χ4v) is 10.4. The minimum atomic E-state index is -1.51. The van der Waals surface area contributed by atoms with Crippen molar-refractivity contribution in [3.05, 3.63) is 60.8 Å². The highest BCUT2D eigenvalue weighted by Crippen LogP contribution is 2.19. The predicted molar refractivity (Wildman–Crippen MR) is 355 cm³/mol. The van der Waals surface area contributed by atoms with Gasteiger partial charge in [0.15, 0.2) is 6.10 Å². The second-order valence-electron chi connectivity index (χ2n) is 25.2. The molecular formula is C74H136NO8+. The molecule has 0 aromatic rings. The number of carbonyl (C=O) groups excluding carboxylic acids is 2. The molecule has 0 saturated heterocycles. The Labute approximate surface area is 514 Å². The van der Waals surface area contributed by atoms with Crippen LogP contribution >= 0.6 is 0 Å². The van der Waals surface area contributed by atoms with E-state index in [9.17, 15) is 19.5 Å². The molecule has 0 fully saturated rings. The highest BCUT2D eigenvalue weighted by Gasteiger charge is 2.25. The van der Waals surface area contributed by atoms with Crippen molar-refractivity contribution in [1.82, 2.24) is 0 Å². The number of carboxylic acid groups (broad SMARTS) is 1. The Kier molecular flexibility index (Phi) is 62.6. The van der Waals surface area contributed by atoms with Gasteiger partial charge in [-0.3, -0.25) is 9.59 Å². The Balaban J connectivity index is 4.07. The number of unbranched alkanes of at least 4 members (excludes halogenated alkanes) is 41. The number of nitrogens with zero attached hydrogens (tertiary/aromatic N) is 1. The maximum atomic E-state index is 12.9. The molecule has 0 rings (SSSR count). The molecule has 0 aliphatic carbocycles. The largest absolute Gasteiger partial charge is 0.477 e. The van der Waals surface area contributed by atoms with Crippen LogP contribution in [0.4, 0.5) is 0 Å².